The Kier molecular flexibility index (Phi) is 11.8. The normalized spacial score (nSPS) is 17.0. The number of aromatic nitrogens is 2. The van der Waals surface area contributed by atoms with E-state index in [1.54, 1.807) is 29.5 Å². The molecule has 2 unspecified atom stereocenters. The molecular weight excluding hydrogens is 576 g/mol. The van der Waals surface area contributed by atoms with Gasteiger partial charge in [0.25, 0.3) is 0 Å². The lowest BCUT2D eigenvalue weighted by molar-refractivity contribution is -0.152. The molecule has 0 radical (unpaired) electrons. The fourth-order valence-electron chi connectivity index (χ4n) is 5.21. The van der Waals surface area contributed by atoms with Gasteiger partial charge in [0.2, 0.25) is 11.8 Å². The van der Waals surface area contributed by atoms with Crippen LogP contribution in [-0.2, 0) is 36.9 Å². The third-order valence-electron chi connectivity index (χ3n) is 7.83. The molecule has 12 heteroatoms. The van der Waals surface area contributed by atoms with Gasteiger partial charge in [-0.05, 0) is 50.7 Å². The maximum atomic E-state index is 13.9. The van der Waals surface area contributed by atoms with Crippen molar-refractivity contribution in [1.82, 2.24) is 19.8 Å². The fourth-order valence-corrected chi connectivity index (χ4v) is 5.21. The average Bonchev–Trinajstić information content (AvgIpc) is 3.71. The highest BCUT2D eigenvalue weighted by Gasteiger charge is 2.38. The first-order valence-corrected chi connectivity index (χ1v) is 15.2. The molecule has 1 fully saturated rings. The van der Waals surface area contributed by atoms with Gasteiger partial charge in [-0.3, -0.25) is 14.9 Å². The molecule has 5 N–H and O–H groups in total. The number of nitrogens with two attached hydrogens (primary N) is 1. The predicted octanol–water partition coefficient (Wildman–Crippen LogP) is 2.39. The topological polar surface area (TPSA) is 161 Å². The molecule has 2 amide bonds. The summed E-state index contributed by atoms with van der Waals surface area (Å²) in [6.07, 6.45) is 4.21. The summed E-state index contributed by atoms with van der Waals surface area (Å²) in [5, 5.41) is 16.2. The monoisotopic (exact) mass is 620 g/mol. The highest BCUT2D eigenvalue weighted by Crippen LogP contribution is 2.26. The molecule has 1 aliphatic rings. The van der Waals surface area contributed by atoms with Crippen molar-refractivity contribution in [2.75, 3.05) is 25.6 Å². The number of hydrogen-bond donors (Lipinski definition) is 4. The number of rotatable bonds is 15. The van der Waals surface area contributed by atoms with E-state index in [4.69, 9.17) is 15.2 Å². The van der Waals surface area contributed by atoms with Gasteiger partial charge in [0.1, 0.15) is 24.4 Å². The maximum Gasteiger partial charge on any atom is 0.328 e. The van der Waals surface area contributed by atoms with E-state index >= 15 is 0 Å². The van der Waals surface area contributed by atoms with Crippen molar-refractivity contribution < 1.29 is 29.0 Å². The zero-order valence-electron chi connectivity index (χ0n) is 26.1. The quantitative estimate of drug-likeness (QED) is 0.148. The minimum absolute atomic E-state index is 0.0450. The molecule has 2 aromatic carbocycles. The van der Waals surface area contributed by atoms with E-state index in [1.807, 2.05) is 60.7 Å². The van der Waals surface area contributed by atoms with Crippen LogP contribution in [0.1, 0.15) is 50.3 Å². The number of nitrogens with one attached hydrogen (secondary N) is 2. The number of methoxy groups -OCH3 is 1. The second kappa shape index (κ2) is 15.8. The third kappa shape index (κ3) is 9.44. The largest absolute Gasteiger partial charge is 0.467 e. The van der Waals surface area contributed by atoms with Crippen molar-refractivity contribution in [1.29, 1.82) is 0 Å². The SMILES string of the molecule is COC(=O)[C@@H]1CCCN1C(=O)C(CCc1ccccc1)n1cnc(NC(=O)[C@@H](COCc2ccccc2)NC(O)C(C)(C)N)c1. The third-order valence-corrected chi connectivity index (χ3v) is 7.83. The molecule has 45 heavy (non-hydrogen) atoms. The summed E-state index contributed by atoms with van der Waals surface area (Å²) >= 11 is 0. The van der Waals surface area contributed by atoms with Crippen molar-refractivity contribution in [3.63, 3.8) is 0 Å². The van der Waals surface area contributed by atoms with Crippen LogP contribution in [0.3, 0.4) is 0 Å². The number of ether oxygens (including phenoxy) is 2. The van der Waals surface area contributed by atoms with Gasteiger partial charge >= 0.3 is 5.97 Å². The lowest BCUT2D eigenvalue weighted by Crippen LogP contribution is -2.59. The molecule has 0 bridgehead atoms. The Morgan fingerprint density at radius 1 is 1.09 bits per heavy atom. The number of imidazole rings is 1. The Morgan fingerprint density at radius 2 is 1.76 bits per heavy atom. The number of benzene rings is 2. The number of anilines is 1. The second-order valence-electron chi connectivity index (χ2n) is 11.9. The van der Waals surface area contributed by atoms with Crippen LogP contribution in [0, 0.1) is 0 Å². The number of carbonyl (C=O) groups is 3. The van der Waals surface area contributed by atoms with Gasteiger partial charge in [-0.15, -0.1) is 0 Å². The first-order valence-electron chi connectivity index (χ1n) is 15.2. The lowest BCUT2D eigenvalue weighted by atomic mass is 10.0. The number of nitrogens with zero attached hydrogens (tertiary/aromatic N) is 3. The van der Waals surface area contributed by atoms with Gasteiger partial charge in [-0.25, -0.2) is 9.78 Å². The minimum Gasteiger partial charge on any atom is -0.467 e. The number of aliphatic hydroxyl groups is 1. The fraction of sp³-hybridized carbons (Fsp3) is 0.455. The molecule has 1 aromatic heterocycles. The Hall–Kier alpha value is -4.10. The molecule has 3 aromatic rings. The van der Waals surface area contributed by atoms with Crippen LogP contribution in [0.25, 0.3) is 0 Å². The first kappa shape index (κ1) is 33.8. The van der Waals surface area contributed by atoms with Crippen molar-refractivity contribution >= 4 is 23.6 Å². The Morgan fingerprint density at radius 3 is 2.40 bits per heavy atom. The lowest BCUT2D eigenvalue weighted by Gasteiger charge is -2.30. The standard InChI is InChI=1S/C33H44N6O6/c1-33(2,34)32(43)36-25(21-45-20-24-13-8-5-9-14-24)29(40)37-28-19-38(22-35-28)26(17-16-23-11-6-4-7-12-23)30(41)39-18-10-15-27(39)31(42)44-3/h4-9,11-14,19,22,25-27,32,36,43H,10,15-18,20-21,34H2,1-3H3,(H,37,40)/t25-,26?,27+,32?/m1/s1. The Labute approximate surface area is 263 Å². The van der Waals surface area contributed by atoms with Crippen LogP contribution in [0.5, 0.6) is 0 Å². The van der Waals surface area contributed by atoms with Gasteiger partial charge in [-0.2, -0.15) is 0 Å². The molecule has 0 aliphatic carbocycles. The summed E-state index contributed by atoms with van der Waals surface area (Å²) in [5.74, 6) is -0.915. The summed E-state index contributed by atoms with van der Waals surface area (Å²) in [6, 6.07) is 17.1. The molecule has 1 saturated heterocycles. The van der Waals surface area contributed by atoms with E-state index in [2.05, 4.69) is 15.6 Å². The Bertz CT molecular complexity index is 1390. The highest BCUT2D eigenvalue weighted by molar-refractivity contribution is 5.94. The van der Waals surface area contributed by atoms with Crippen LogP contribution >= 0.6 is 0 Å². The van der Waals surface area contributed by atoms with E-state index < -0.39 is 41.8 Å². The summed E-state index contributed by atoms with van der Waals surface area (Å²) in [5.41, 5.74) is 7.04. The van der Waals surface area contributed by atoms with Gasteiger partial charge in [-0.1, -0.05) is 60.7 Å². The number of carbonyl (C=O) groups excluding carboxylic acids is 3. The molecule has 4 rings (SSSR count). The summed E-state index contributed by atoms with van der Waals surface area (Å²) < 4.78 is 12.4. The van der Waals surface area contributed by atoms with Gasteiger partial charge in [0, 0.05) is 18.3 Å². The maximum absolute atomic E-state index is 13.9. The average molecular weight is 621 g/mol. The zero-order chi connectivity index (χ0) is 32.4. The van der Waals surface area contributed by atoms with Crippen molar-refractivity contribution in [2.24, 2.45) is 5.73 Å². The molecule has 12 nitrogen and oxygen atoms in total. The number of amides is 2. The van der Waals surface area contributed by atoms with Crippen molar-refractivity contribution in [2.45, 2.75) is 76.0 Å². The van der Waals surface area contributed by atoms with Gasteiger partial charge in [0.15, 0.2) is 5.82 Å². The molecule has 0 spiro atoms. The van der Waals surface area contributed by atoms with Crippen molar-refractivity contribution in [3.8, 4) is 0 Å². The minimum atomic E-state index is -1.20. The van der Waals surface area contributed by atoms with Gasteiger partial charge < -0.3 is 35.1 Å². The number of likely N-dealkylation sites (tertiary alicyclic amines) is 1. The van der Waals surface area contributed by atoms with Crippen LogP contribution in [0.2, 0.25) is 0 Å². The summed E-state index contributed by atoms with van der Waals surface area (Å²) in [6.45, 7) is 3.97. The van der Waals surface area contributed by atoms with E-state index in [-0.39, 0.29) is 24.9 Å². The van der Waals surface area contributed by atoms with Crippen LogP contribution in [0.4, 0.5) is 5.82 Å². The van der Waals surface area contributed by atoms with Crippen LogP contribution in [0.15, 0.2) is 73.2 Å². The van der Waals surface area contributed by atoms with Crippen LogP contribution < -0.4 is 16.4 Å². The molecular formula is C33H44N6O6. The molecule has 4 atom stereocenters. The zero-order valence-corrected chi connectivity index (χ0v) is 26.1. The smallest absolute Gasteiger partial charge is 0.328 e. The van der Waals surface area contributed by atoms with Crippen molar-refractivity contribution in [3.05, 3.63) is 84.3 Å². The molecule has 1 aliphatic heterocycles. The Balaban J connectivity index is 1.50. The number of hydrogen-bond acceptors (Lipinski definition) is 9. The van der Waals surface area contributed by atoms with Gasteiger partial charge in [0.05, 0.1) is 26.7 Å². The molecule has 242 valence electrons. The van der Waals surface area contributed by atoms with E-state index in [0.29, 0.717) is 32.2 Å². The number of aliphatic hydroxyl groups excluding tert-OH is 1. The second-order valence-corrected chi connectivity index (χ2v) is 11.9. The first-order chi connectivity index (χ1) is 21.6. The van der Waals surface area contributed by atoms with E-state index in [1.165, 1.54) is 13.4 Å². The predicted molar refractivity (Wildman–Crippen MR) is 169 cm³/mol. The number of aryl methyl sites for hydroxylation is 1. The highest BCUT2D eigenvalue weighted by atomic mass is 16.5. The number of esters is 1. The van der Waals surface area contributed by atoms with E-state index in [0.717, 1.165) is 11.1 Å². The molecule has 2 heterocycles. The van der Waals surface area contributed by atoms with E-state index in [9.17, 15) is 19.5 Å². The van der Waals surface area contributed by atoms with Crippen LogP contribution in [-0.4, -0.2) is 81.5 Å². The molecule has 0 saturated carbocycles. The summed E-state index contributed by atoms with van der Waals surface area (Å²) in [4.78, 5) is 45.7. The summed E-state index contributed by atoms with van der Waals surface area (Å²) in [7, 11) is 1.32.